The third-order valence-corrected chi connectivity index (χ3v) is 8.22. The molecule has 1 atom stereocenters. The molecule has 1 aromatic heterocycles. The van der Waals surface area contributed by atoms with E-state index >= 15 is 0 Å². The molecule has 0 aliphatic carbocycles. The second-order valence-electron chi connectivity index (χ2n) is 10.4. The molecule has 0 aliphatic heterocycles. The highest BCUT2D eigenvalue weighted by molar-refractivity contribution is 7.99. The quantitative estimate of drug-likeness (QED) is 0.214. The summed E-state index contributed by atoms with van der Waals surface area (Å²) in [5.41, 5.74) is 3.30. The minimum Gasteiger partial charge on any atom is -0.257 e. The number of nitrogens with zero attached hydrogens (tertiary/aromatic N) is 1. The van der Waals surface area contributed by atoms with Gasteiger partial charge < -0.3 is 0 Å². The zero-order valence-corrected chi connectivity index (χ0v) is 22.0. The van der Waals surface area contributed by atoms with Crippen LogP contribution >= 0.6 is 11.8 Å². The number of hydrogen-bond donors (Lipinski definition) is 0. The normalized spacial score (nSPS) is 14.1. The summed E-state index contributed by atoms with van der Waals surface area (Å²) >= 11 is 2.12. The van der Waals surface area contributed by atoms with Crippen molar-refractivity contribution in [1.82, 2.24) is 4.98 Å². The van der Waals surface area contributed by atoms with E-state index in [9.17, 15) is 0 Å². The average Bonchev–Trinajstić information content (AvgIpc) is 2.74. The van der Waals surface area contributed by atoms with Crippen LogP contribution in [-0.4, -0.2) is 16.5 Å². The summed E-state index contributed by atoms with van der Waals surface area (Å²) in [4.78, 5) is 5.11. The summed E-state index contributed by atoms with van der Waals surface area (Å²) in [6.45, 7) is 14.2. The van der Waals surface area contributed by atoms with Crippen LogP contribution in [0, 0.1) is 5.41 Å². The van der Waals surface area contributed by atoms with Crippen LogP contribution in [0.25, 0.3) is 0 Å². The van der Waals surface area contributed by atoms with Crippen LogP contribution in [0.1, 0.15) is 130 Å². The van der Waals surface area contributed by atoms with Gasteiger partial charge in [0.25, 0.3) is 0 Å². The highest BCUT2D eigenvalue weighted by Gasteiger charge is 2.25. The van der Waals surface area contributed by atoms with Crippen molar-refractivity contribution < 1.29 is 0 Å². The Morgan fingerprint density at radius 1 is 0.800 bits per heavy atom. The van der Waals surface area contributed by atoms with Gasteiger partial charge >= 0.3 is 0 Å². The van der Waals surface area contributed by atoms with Gasteiger partial charge in [-0.25, -0.2) is 0 Å². The molecule has 0 spiro atoms. The highest BCUT2D eigenvalue weighted by atomic mass is 32.2. The maximum atomic E-state index is 5.11. The molecule has 174 valence electrons. The summed E-state index contributed by atoms with van der Waals surface area (Å²) in [5.74, 6) is 2.46. The van der Waals surface area contributed by atoms with Gasteiger partial charge in [0.1, 0.15) is 0 Å². The van der Waals surface area contributed by atoms with E-state index in [-0.39, 0.29) is 5.41 Å². The molecule has 0 radical (unpaired) electrons. The van der Waals surface area contributed by atoms with Crippen molar-refractivity contribution in [2.75, 3.05) is 11.5 Å². The fourth-order valence-electron chi connectivity index (χ4n) is 4.19. The zero-order valence-electron chi connectivity index (χ0n) is 21.2. The smallest absolute Gasteiger partial charge is 0.0465 e. The van der Waals surface area contributed by atoms with E-state index in [1.54, 1.807) is 0 Å². The first-order valence-corrected chi connectivity index (χ1v) is 14.1. The van der Waals surface area contributed by atoms with Crippen LogP contribution in [0.5, 0.6) is 0 Å². The van der Waals surface area contributed by atoms with Gasteiger partial charge in [0.2, 0.25) is 0 Å². The molecule has 0 saturated heterocycles. The van der Waals surface area contributed by atoms with E-state index in [0.717, 1.165) is 6.42 Å². The van der Waals surface area contributed by atoms with E-state index < -0.39 is 0 Å². The number of aromatic nitrogens is 1. The molecule has 0 saturated carbocycles. The molecule has 1 unspecified atom stereocenters. The maximum absolute atomic E-state index is 5.11. The lowest BCUT2D eigenvalue weighted by Crippen LogP contribution is -2.23. The molecule has 0 bridgehead atoms. The van der Waals surface area contributed by atoms with Gasteiger partial charge in [-0.1, -0.05) is 105 Å². The van der Waals surface area contributed by atoms with Gasteiger partial charge in [-0.2, -0.15) is 11.8 Å². The molecular formula is C28H51NS. The number of thioether (sulfide) groups is 1. The average molecular weight is 434 g/mol. The van der Waals surface area contributed by atoms with E-state index in [1.807, 2.05) is 0 Å². The van der Waals surface area contributed by atoms with E-state index in [2.05, 4.69) is 71.5 Å². The Balaban J connectivity index is 2.44. The van der Waals surface area contributed by atoms with Crippen molar-refractivity contribution in [1.29, 1.82) is 0 Å². The lowest BCUT2D eigenvalue weighted by atomic mass is 9.78. The monoisotopic (exact) mass is 433 g/mol. The molecule has 0 aromatic carbocycles. The molecule has 0 N–H and O–H groups in total. The van der Waals surface area contributed by atoms with Crippen molar-refractivity contribution in [3.05, 3.63) is 29.6 Å². The molecule has 2 heteroatoms. The second-order valence-corrected chi connectivity index (χ2v) is 11.5. The number of pyridine rings is 1. The predicted octanol–water partition coefficient (Wildman–Crippen LogP) is 9.38. The Kier molecular flexibility index (Phi) is 14.1. The minimum atomic E-state index is 0.233. The first-order chi connectivity index (χ1) is 14.4. The molecule has 0 fully saturated rings. The predicted molar refractivity (Wildman–Crippen MR) is 139 cm³/mol. The molecular weight excluding hydrogens is 382 g/mol. The molecule has 1 rings (SSSR count). The van der Waals surface area contributed by atoms with Gasteiger partial charge in [0.05, 0.1) is 0 Å². The zero-order chi connectivity index (χ0) is 22.3. The van der Waals surface area contributed by atoms with Crippen molar-refractivity contribution >= 4 is 11.8 Å². The molecule has 0 amide bonds. The van der Waals surface area contributed by atoms with Crippen molar-refractivity contribution in [3.63, 3.8) is 0 Å². The Morgan fingerprint density at radius 3 is 2.10 bits per heavy atom. The summed E-state index contributed by atoms with van der Waals surface area (Å²) < 4.78 is 0. The van der Waals surface area contributed by atoms with Crippen LogP contribution in [-0.2, 0) is 11.8 Å². The van der Waals surface area contributed by atoms with Crippen LogP contribution in [0.15, 0.2) is 18.2 Å². The maximum Gasteiger partial charge on any atom is 0.0465 e. The Hall–Kier alpha value is -0.500. The minimum absolute atomic E-state index is 0.233. The van der Waals surface area contributed by atoms with Gasteiger partial charge in [-0.3, -0.25) is 4.98 Å². The van der Waals surface area contributed by atoms with E-state index in [0.29, 0.717) is 5.41 Å². The lowest BCUT2D eigenvalue weighted by Gasteiger charge is -2.28. The van der Waals surface area contributed by atoms with Crippen LogP contribution in [0.4, 0.5) is 0 Å². The number of rotatable bonds is 18. The van der Waals surface area contributed by atoms with Gasteiger partial charge in [0.15, 0.2) is 0 Å². The topological polar surface area (TPSA) is 12.9 Å². The molecule has 1 heterocycles. The van der Waals surface area contributed by atoms with Crippen LogP contribution in [0.3, 0.4) is 0 Å². The summed E-state index contributed by atoms with van der Waals surface area (Å²) in [7, 11) is 0. The molecule has 0 aliphatic rings. The van der Waals surface area contributed by atoms with E-state index in [4.69, 9.17) is 4.98 Å². The Labute approximate surface area is 193 Å². The molecule has 30 heavy (non-hydrogen) atoms. The van der Waals surface area contributed by atoms with Crippen molar-refractivity contribution in [2.24, 2.45) is 5.41 Å². The van der Waals surface area contributed by atoms with E-state index in [1.165, 1.54) is 99.9 Å². The molecule has 1 aromatic rings. The number of aryl methyl sites for hydroxylation is 1. The second kappa shape index (κ2) is 15.3. The van der Waals surface area contributed by atoms with Gasteiger partial charge in [-0.15, -0.1) is 0 Å². The van der Waals surface area contributed by atoms with Gasteiger partial charge in [-0.05, 0) is 54.7 Å². The third kappa shape index (κ3) is 11.2. The van der Waals surface area contributed by atoms with Crippen LogP contribution in [0.2, 0.25) is 0 Å². The largest absolute Gasteiger partial charge is 0.257 e. The van der Waals surface area contributed by atoms with Gasteiger partial charge in [0, 0.05) is 16.8 Å². The summed E-state index contributed by atoms with van der Waals surface area (Å²) in [5, 5.41) is 0. The fraction of sp³-hybridized carbons (Fsp3) is 0.821. The SMILES string of the molecule is CCCCCCCC(C)(C)CSCCc1cccc(C(C)(CC)CCCCCC)n1. The summed E-state index contributed by atoms with van der Waals surface area (Å²) in [6.07, 6.45) is 17.2. The third-order valence-electron chi connectivity index (χ3n) is 6.74. The van der Waals surface area contributed by atoms with Crippen LogP contribution < -0.4 is 0 Å². The number of hydrogen-bond acceptors (Lipinski definition) is 2. The van der Waals surface area contributed by atoms with Crippen molar-refractivity contribution in [3.8, 4) is 0 Å². The number of unbranched alkanes of at least 4 members (excludes halogenated alkanes) is 7. The highest BCUT2D eigenvalue weighted by Crippen LogP contribution is 2.33. The first kappa shape index (κ1) is 27.5. The fourth-order valence-corrected chi connectivity index (χ4v) is 5.38. The lowest BCUT2D eigenvalue weighted by molar-refractivity contribution is 0.365. The molecule has 1 nitrogen and oxygen atoms in total. The van der Waals surface area contributed by atoms with Crippen molar-refractivity contribution in [2.45, 2.75) is 130 Å². The Bertz CT molecular complexity index is 553. The first-order valence-electron chi connectivity index (χ1n) is 12.9. The summed E-state index contributed by atoms with van der Waals surface area (Å²) in [6, 6.07) is 6.74. The standard InChI is InChI=1S/C28H51NS/c1-7-10-12-14-15-21-27(4,5)24-30-23-20-25-18-17-19-26(29-25)28(6,9-3)22-16-13-11-8-2/h17-19H,7-16,20-24H2,1-6H3. The Morgan fingerprint density at radius 2 is 1.43 bits per heavy atom.